The minimum atomic E-state index is -0.580. The lowest BCUT2D eigenvalue weighted by Crippen LogP contribution is -2.27. The van der Waals surface area contributed by atoms with Gasteiger partial charge in [0.15, 0.2) is 5.82 Å². The molecule has 0 saturated heterocycles. The van der Waals surface area contributed by atoms with Gasteiger partial charge in [-0.3, -0.25) is 0 Å². The average molecular weight is 316 g/mol. The van der Waals surface area contributed by atoms with E-state index in [9.17, 15) is 5.11 Å². The van der Waals surface area contributed by atoms with Gasteiger partial charge < -0.3 is 19.5 Å². The first kappa shape index (κ1) is 17.7. The molecule has 6 nitrogen and oxygen atoms in total. The van der Waals surface area contributed by atoms with Crippen LogP contribution in [-0.2, 0) is 9.47 Å². The Morgan fingerprint density at radius 1 is 1.48 bits per heavy atom. The minimum Gasteiger partial charge on any atom is -0.495 e. The number of rotatable bonds is 4. The van der Waals surface area contributed by atoms with Crippen molar-refractivity contribution in [2.45, 2.75) is 26.9 Å². The molecule has 0 amide bonds. The fourth-order valence-electron chi connectivity index (χ4n) is 1.78. The predicted octanol–water partition coefficient (Wildman–Crippen LogP) is 2.53. The quantitative estimate of drug-likeness (QED) is 0.861. The fraction of sp³-hybridized carbons (Fsp3) is 0.571. The van der Waals surface area contributed by atoms with E-state index in [0.717, 1.165) is 5.76 Å². The third-order valence-electron chi connectivity index (χ3n) is 2.73. The summed E-state index contributed by atoms with van der Waals surface area (Å²) < 4.78 is 10.5. The van der Waals surface area contributed by atoms with Crippen LogP contribution in [0.2, 0.25) is 5.15 Å². The minimum absolute atomic E-state index is 0.200. The second-order valence-corrected chi connectivity index (χ2v) is 4.48. The number of aliphatic hydroxyl groups is 1. The molecule has 1 aliphatic rings. The van der Waals surface area contributed by atoms with Gasteiger partial charge in [0.2, 0.25) is 0 Å². The van der Waals surface area contributed by atoms with Gasteiger partial charge in [0.05, 0.1) is 13.2 Å². The maximum absolute atomic E-state index is 9.22. The lowest BCUT2D eigenvalue weighted by Gasteiger charge is -2.25. The molecule has 118 valence electrons. The van der Waals surface area contributed by atoms with E-state index in [-0.39, 0.29) is 6.61 Å². The van der Waals surface area contributed by atoms with Crippen LogP contribution in [0.4, 0.5) is 5.82 Å². The molecule has 0 fully saturated rings. The van der Waals surface area contributed by atoms with Gasteiger partial charge >= 0.3 is 0 Å². The van der Waals surface area contributed by atoms with Crippen molar-refractivity contribution in [3.63, 3.8) is 0 Å². The number of ether oxygens (including phenoxy) is 2. The van der Waals surface area contributed by atoms with Gasteiger partial charge in [-0.2, -0.15) is 0 Å². The van der Waals surface area contributed by atoms with E-state index in [1.807, 2.05) is 31.9 Å². The Labute approximate surface area is 130 Å². The van der Waals surface area contributed by atoms with Crippen LogP contribution in [0.1, 0.15) is 32.7 Å². The number of hydrogen-bond acceptors (Lipinski definition) is 6. The SMILES string of the molecule is CC.COC(CO)c1nc(Cl)cc(N2C=C(C)OCC2)n1. The highest BCUT2D eigenvalue weighted by Gasteiger charge is 2.18. The topological polar surface area (TPSA) is 67.7 Å². The molecule has 1 aromatic heterocycles. The number of aromatic nitrogens is 2. The van der Waals surface area contributed by atoms with Crippen LogP contribution >= 0.6 is 11.6 Å². The average Bonchev–Trinajstić information content (AvgIpc) is 2.50. The molecule has 1 unspecified atom stereocenters. The van der Waals surface area contributed by atoms with Crippen molar-refractivity contribution in [2.75, 3.05) is 31.8 Å². The lowest BCUT2D eigenvalue weighted by atomic mass is 10.3. The van der Waals surface area contributed by atoms with E-state index in [1.54, 1.807) is 6.07 Å². The zero-order valence-electron chi connectivity index (χ0n) is 12.8. The fourth-order valence-corrected chi connectivity index (χ4v) is 1.97. The molecule has 0 saturated carbocycles. The Morgan fingerprint density at radius 3 is 2.76 bits per heavy atom. The third kappa shape index (κ3) is 4.84. The van der Waals surface area contributed by atoms with Gasteiger partial charge in [0, 0.05) is 19.4 Å². The number of methoxy groups -OCH3 is 1. The summed E-state index contributed by atoms with van der Waals surface area (Å²) in [5.41, 5.74) is 0. The van der Waals surface area contributed by atoms with Crippen LogP contribution in [0.5, 0.6) is 0 Å². The predicted molar refractivity (Wildman–Crippen MR) is 82.3 cm³/mol. The van der Waals surface area contributed by atoms with Gasteiger partial charge in [-0.15, -0.1) is 0 Å². The number of nitrogens with zero attached hydrogens (tertiary/aromatic N) is 3. The first-order valence-corrected chi connectivity index (χ1v) is 7.28. The maximum atomic E-state index is 9.22. The first-order chi connectivity index (χ1) is 10.1. The van der Waals surface area contributed by atoms with Crippen molar-refractivity contribution in [3.8, 4) is 0 Å². The van der Waals surface area contributed by atoms with E-state index in [1.165, 1.54) is 7.11 Å². The Balaban J connectivity index is 0.00000106. The molecule has 1 aromatic rings. The first-order valence-electron chi connectivity index (χ1n) is 6.90. The normalized spacial score (nSPS) is 15.5. The Morgan fingerprint density at radius 2 is 2.19 bits per heavy atom. The van der Waals surface area contributed by atoms with Gasteiger partial charge in [-0.25, -0.2) is 9.97 Å². The highest BCUT2D eigenvalue weighted by atomic mass is 35.5. The van der Waals surface area contributed by atoms with Crippen molar-refractivity contribution < 1.29 is 14.6 Å². The molecule has 1 N–H and O–H groups in total. The summed E-state index contributed by atoms with van der Waals surface area (Å²) in [7, 11) is 1.49. The largest absolute Gasteiger partial charge is 0.495 e. The van der Waals surface area contributed by atoms with Crippen LogP contribution in [0.15, 0.2) is 18.0 Å². The standard InChI is InChI=1S/C12H16ClN3O3.C2H6/c1-8-6-16(3-4-19-8)11-5-10(13)14-12(15-11)9(7-17)18-2;1-2/h5-6,9,17H,3-4,7H2,1-2H3;1-2H3. The van der Waals surface area contributed by atoms with Crippen LogP contribution in [0.25, 0.3) is 0 Å². The molecule has 0 radical (unpaired) electrons. The molecule has 1 atom stereocenters. The van der Waals surface area contributed by atoms with E-state index in [0.29, 0.717) is 29.9 Å². The molecule has 1 aliphatic heterocycles. The summed E-state index contributed by atoms with van der Waals surface area (Å²) in [6.07, 6.45) is 1.27. The van der Waals surface area contributed by atoms with Crippen LogP contribution in [0.3, 0.4) is 0 Å². The maximum Gasteiger partial charge on any atom is 0.163 e. The molecule has 2 rings (SSSR count). The summed E-state index contributed by atoms with van der Waals surface area (Å²) in [6, 6.07) is 1.67. The van der Waals surface area contributed by atoms with Crippen LogP contribution in [-0.4, -0.2) is 41.9 Å². The van der Waals surface area contributed by atoms with Crippen molar-refractivity contribution in [1.82, 2.24) is 9.97 Å². The van der Waals surface area contributed by atoms with E-state index in [2.05, 4.69) is 9.97 Å². The zero-order valence-corrected chi connectivity index (χ0v) is 13.6. The second-order valence-electron chi connectivity index (χ2n) is 4.10. The number of hydrogen-bond donors (Lipinski definition) is 1. The van der Waals surface area contributed by atoms with Crippen LogP contribution in [0, 0.1) is 0 Å². The number of aliphatic hydroxyl groups excluding tert-OH is 1. The second kappa shape index (κ2) is 8.81. The third-order valence-corrected chi connectivity index (χ3v) is 2.92. The smallest absolute Gasteiger partial charge is 0.163 e. The Kier molecular flexibility index (Phi) is 7.42. The van der Waals surface area contributed by atoms with Crippen molar-refractivity contribution in [2.24, 2.45) is 0 Å². The lowest BCUT2D eigenvalue weighted by molar-refractivity contribution is 0.0423. The van der Waals surface area contributed by atoms with Crippen LogP contribution < -0.4 is 4.90 Å². The molecule has 2 heterocycles. The number of anilines is 1. The molecule has 0 spiro atoms. The highest BCUT2D eigenvalue weighted by Crippen LogP contribution is 2.22. The van der Waals surface area contributed by atoms with E-state index in [4.69, 9.17) is 21.1 Å². The molecule has 7 heteroatoms. The van der Waals surface area contributed by atoms with E-state index < -0.39 is 6.10 Å². The summed E-state index contributed by atoms with van der Waals surface area (Å²) >= 11 is 6.00. The number of halogens is 1. The number of allylic oxidation sites excluding steroid dienone is 1. The molecule has 0 aliphatic carbocycles. The van der Waals surface area contributed by atoms with E-state index >= 15 is 0 Å². The summed E-state index contributed by atoms with van der Waals surface area (Å²) in [5.74, 6) is 1.84. The summed E-state index contributed by atoms with van der Waals surface area (Å²) in [5, 5.41) is 9.53. The van der Waals surface area contributed by atoms with Gasteiger partial charge in [0.1, 0.15) is 29.4 Å². The van der Waals surface area contributed by atoms with Gasteiger partial charge in [-0.05, 0) is 6.92 Å². The summed E-state index contributed by atoms with van der Waals surface area (Å²) in [6.45, 7) is 6.95. The summed E-state index contributed by atoms with van der Waals surface area (Å²) in [4.78, 5) is 10.4. The monoisotopic (exact) mass is 315 g/mol. The molecular formula is C14H22ClN3O3. The highest BCUT2D eigenvalue weighted by molar-refractivity contribution is 6.29. The van der Waals surface area contributed by atoms with Crippen molar-refractivity contribution in [1.29, 1.82) is 0 Å². The van der Waals surface area contributed by atoms with Gasteiger partial charge in [-0.1, -0.05) is 25.4 Å². The van der Waals surface area contributed by atoms with Crippen molar-refractivity contribution in [3.05, 3.63) is 29.0 Å². The molecule has 0 bridgehead atoms. The molecule has 0 aromatic carbocycles. The Bertz CT molecular complexity index is 479. The molecule has 21 heavy (non-hydrogen) atoms. The molecular weight excluding hydrogens is 294 g/mol. The van der Waals surface area contributed by atoms with Gasteiger partial charge in [0.25, 0.3) is 0 Å². The Hall–Kier alpha value is -1.37. The van der Waals surface area contributed by atoms with Crippen molar-refractivity contribution >= 4 is 17.4 Å². The zero-order chi connectivity index (χ0) is 15.8.